The third-order valence-electron chi connectivity index (χ3n) is 1.41. The number of rotatable bonds is 3. The Morgan fingerprint density at radius 3 is 2.30 bits per heavy atom. The number of hydrogen-bond acceptors (Lipinski definition) is 1. The molecule has 0 saturated carbocycles. The molecule has 1 heterocycles. The van der Waals surface area contributed by atoms with Crippen molar-refractivity contribution < 1.29 is 0 Å². The molecule has 0 aromatic heterocycles. The minimum Gasteiger partial charge on any atom is -0.368 e. The van der Waals surface area contributed by atoms with Gasteiger partial charge in [-0.05, 0) is 13.0 Å². The summed E-state index contributed by atoms with van der Waals surface area (Å²) >= 11 is 0. The van der Waals surface area contributed by atoms with Gasteiger partial charge in [0.25, 0.3) is 0 Å². The highest BCUT2D eigenvalue weighted by Gasteiger charge is 2.16. The lowest BCUT2D eigenvalue weighted by Crippen LogP contribution is -1.89. The van der Waals surface area contributed by atoms with Crippen LogP contribution in [0.1, 0.15) is 6.92 Å². The van der Waals surface area contributed by atoms with Crippen molar-refractivity contribution in [3.05, 3.63) is 36.6 Å². The Morgan fingerprint density at radius 1 is 1.30 bits per heavy atom. The molecule has 0 bridgehead atoms. The molecule has 0 amide bonds. The Labute approximate surface area is 62.3 Å². The number of allylic oxidation sites excluding steroid dienone is 3. The van der Waals surface area contributed by atoms with Crippen LogP contribution in [-0.4, -0.2) is 18.0 Å². The summed E-state index contributed by atoms with van der Waals surface area (Å²) in [7, 11) is 0. The molecule has 1 aliphatic heterocycles. The SMILES string of the molecule is C=C(C)/C=C\C(=C)N1CC1. The molecular weight excluding hydrogens is 122 g/mol. The van der Waals surface area contributed by atoms with E-state index in [1.165, 1.54) is 13.1 Å². The largest absolute Gasteiger partial charge is 0.368 e. The van der Waals surface area contributed by atoms with Crippen molar-refractivity contribution in [3.63, 3.8) is 0 Å². The highest BCUT2D eigenvalue weighted by Crippen LogP contribution is 2.13. The first-order valence-electron chi connectivity index (χ1n) is 3.47. The van der Waals surface area contributed by atoms with E-state index in [4.69, 9.17) is 0 Å². The molecule has 0 aromatic carbocycles. The molecule has 0 spiro atoms. The van der Waals surface area contributed by atoms with Gasteiger partial charge in [-0.3, -0.25) is 0 Å². The molecular formula is C9H13N. The average molecular weight is 135 g/mol. The van der Waals surface area contributed by atoms with Crippen LogP contribution in [0.3, 0.4) is 0 Å². The average Bonchev–Trinajstić information content (AvgIpc) is 2.63. The molecule has 54 valence electrons. The molecule has 1 saturated heterocycles. The zero-order valence-electron chi connectivity index (χ0n) is 6.43. The van der Waals surface area contributed by atoms with E-state index in [1.54, 1.807) is 0 Å². The first kappa shape index (κ1) is 7.13. The van der Waals surface area contributed by atoms with Gasteiger partial charge in [0, 0.05) is 18.8 Å². The summed E-state index contributed by atoms with van der Waals surface area (Å²) in [5.74, 6) is 0. The molecule has 1 fully saturated rings. The summed E-state index contributed by atoms with van der Waals surface area (Å²) in [5, 5.41) is 0. The fourth-order valence-electron chi connectivity index (χ4n) is 0.681. The lowest BCUT2D eigenvalue weighted by atomic mass is 10.3. The molecule has 0 aromatic rings. The van der Waals surface area contributed by atoms with Gasteiger partial charge >= 0.3 is 0 Å². The van der Waals surface area contributed by atoms with Gasteiger partial charge in [0.2, 0.25) is 0 Å². The third kappa shape index (κ3) is 2.09. The summed E-state index contributed by atoms with van der Waals surface area (Å²) < 4.78 is 0. The lowest BCUT2D eigenvalue weighted by molar-refractivity contribution is 0.728. The Bertz CT molecular complexity index is 185. The highest BCUT2D eigenvalue weighted by atomic mass is 15.3. The second kappa shape index (κ2) is 2.74. The smallest absolute Gasteiger partial charge is 0.0354 e. The minimum absolute atomic E-state index is 1.07. The van der Waals surface area contributed by atoms with Crippen molar-refractivity contribution in [2.24, 2.45) is 0 Å². The van der Waals surface area contributed by atoms with Gasteiger partial charge in [0.1, 0.15) is 0 Å². The topological polar surface area (TPSA) is 3.01 Å². The third-order valence-corrected chi connectivity index (χ3v) is 1.41. The van der Waals surface area contributed by atoms with E-state index in [9.17, 15) is 0 Å². The van der Waals surface area contributed by atoms with E-state index in [1.807, 2.05) is 19.1 Å². The standard InChI is InChI=1S/C9H13N/c1-8(2)4-5-9(3)10-6-7-10/h4-5H,1,3,6-7H2,2H3/b5-4-. The van der Waals surface area contributed by atoms with Crippen LogP contribution in [0.2, 0.25) is 0 Å². The zero-order valence-corrected chi connectivity index (χ0v) is 6.43. The maximum atomic E-state index is 3.89. The van der Waals surface area contributed by atoms with Crippen molar-refractivity contribution in [1.29, 1.82) is 0 Å². The van der Waals surface area contributed by atoms with Crippen LogP contribution in [0.15, 0.2) is 36.6 Å². The summed E-state index contributed by atoms with van der Waals surface area (Å²) in [5.41, 5.74) is 2.17. The first-order chi connectivity index (χ1) is 4.70. The van der Waals surface area contributed by atoms with Crippen molar-refractivity contribution in [2.75, 3.05) is 13.1 Å². The van der Waals surface area contributed by atoms with Crippen LogP contribution in [0.4, 0.5) is 0 Å². The van der Waals surface area contributed by atoms with Crippen LogP contribution in [0.5, 0.6) is 0 Å². The van der Waals surface area contributed by atoms with Crippen molar-refractivity contribution >= 4 is 0 Å². The predicted molar refractivity (Wildman–Crippen MR) is 44.7 cm³/mol. The quantitative estimate of drug-likeness (QED) is 0.422. The van der Waals surface area contributed by atoms with Gasteiger partial charge in [0.05, 0.1) is 0 Å². The van der Waals surface area contributed by atoms with E-state index in [0.717, 1.165) is 11.3 Å². The van der Waals surface area contributed by atoms with Gasteiger partial charge in [0.15, 0.2) is 0 Å². The van der Waals surface area contributed by atoms with Crippen LogP contribution in [0.25, 0.3) is 0 Å². The summed E-state index contributed by atoms with van der Waals surface area (Å²) in [6.45, 7) is 12.0. The molecule has 0 N–H and O–H groups in total. The predicted octanol–water partition coefficient (Wildman–Crippen LogP) is 1.95. The summed E-state index contributed by atoms with van der Waals surface area (Å²) in [4.78, 5) is 2.21. The molecule has 0 aliphatic carbocycles. The molecule has 10 heavy (non-hydrogen) atoms. The zero-order chi connectivity index (χ0) is 7.56. The normalized spacial score (nSPS) is 15.9. The highest BCUT2D eigenvalue weighted by molar-refractivity contribution is 5.24. The van der Waals surface area contributed by atoms with Gasteiger partial charge < -0.3 is 4.90 Å². The molecule has 0 atom stereocenters. The second-order valence-corrected chi connectivity index (χ2v) is 2.66. The summed E-state index contributed by atoms with van der Waals surface area (Å²) in [6, 6.07) is 0. The van der Waals surface area contributed by atoms with Crippen molar-refractivity contribution in [3.8, 4) is 0 Å². The minimum atomic E-state index is 1.07. The molecule has 1 aliphatic rings. The second-order valence-electron chi connectivity index (χ2n) is 2.66. The van der Waals surface area contributed by atoms with Gasteiger partial charge in [-0.2, -0.15) is 0 Å². The van der Waals surface area contributed by atoms with Gasteiger partial charge in [-0.25, -0.2) is 0 Å². The van der Waals surface area contributed by atoms with E-state index < -0.39 is 0 Å². The Morgan fingerprint density at radius 2 is 1.90 bits per heavy atom. The van der Waals surface area contributed by atoms with Crippen LogP contribution in [-0.2, 0) is 0 Å². The van der Waals surface area contributed by atoms with Crippen molar-refractivity contribution in [2.45, 2.75) is 6.92 Å². The fraction of sp³-hybridized carbons (Fsp3) is 0.333. The fourth-order valence-corrected chi connectivity index (χ4v) is 0.681. The van der Waals surface area contributed by atoms with E-state index in [2.05, 4.69) is 18.1 Å². The molecule has 0 unspecified atom stereocenters. The monoisotopic (exact) mass is 135 g/mol. The molecule has 1 heteroatoms. The van der Waals surface area contributed by atoms with Gasteiger partial charge in [-0.1, -0.05) is 24.8 Å². The molecule has 0 radical (unpaired) electrons. The molecule has 1 nitrogen and oxygen atoms in total. The van der Waals surface area contributed by atoms with Crippen LogP contribution >= 0.6 is 0 Å². The maximum absolute atomic E-state index is 3.89. The molecule has 1 rings (SSSR count). The maximum Gasteiger partial charge on any atom is 0.0354 e. The Kier molecular flexibility index (Phi) is 1.95. The van der Waals surface area contributed by atoms with E-state index in [0.29, 0.717) is 0 Å². The van der Waals surface area contributed by atoms with Crippen molar-refractivity contribution in [1.82, 2.24) is 4.90 Å². The number of nitrogens with zero attached hydrogens (tertiary/aromatic N) is 1. The first-order valence-corrected chi connectivity index (χ1v) is 3.47. The lowest BCUT2D eigenvalue weighted by Gasteiger charge is -1.98. The van der Waals surface area contributed by atoms with E-state index >= 15 is 0 Å². The van der Waals surface area contributed by atoms with E-state index in [-0.39, 0.29) is 0 Å². The Balaban J connectivity index is 2.36. The van der Waals surface area contributed by atoms with Crippen LogP contribution in [0, 0.1) is 0 Å². The number of hydrogen-bond donors (Lipinski definition) is 0. The Hall–Kier alpha value is -0.980. The van der Waals surface area contributed by atoms with Gasteiger partial charge in [-0.15, -0.1) is 0 Å². The summed E-state index contributed by atoms with van der Waals surface area (Å²) in [6.07, 6.45) is 4.00. The van der Waals surface area contributed by atoms with Crippen LogP contribution < -0.4 is 0 Å².